The van der Waals surface area contributed by atoms with Crippen molar-refractivity contribution >= 4 is 27.3 Å². The Balaban J connectivity index is 1.95. The minimum absolute atomic E-state index is 0.0863. The number of halogens is 2. The van der Waals surface area contributed by atoms with Gasteiger partial charge in [0.05, 0.1) is 10.6 Å². The van der Waals surface area contributed by atoms with Gasteiger partial charge in [-0.3, -0.25) is 9.10 Å². The van der Waals surface area contributed by atoms with Gasteiger partial charge in [0.2, 0.25) is 5.91 Å². The van der Waals surface area contributed by atoms with E-state index in [1.807, 2.05) is 0 Å². The number of carbonyl (C=O) groups excluding carboxylic acids is 1. The number of carbonyl (C=O) groups is 1. The van der Waals surface area contributed by atoms with E-state index < -0.39 is 34.1 Å². The monoisotopic (exact) mass is 402 g/mol. The molecule has 28 heavy (non-hydrogen) atoms. The molecule has 0 unspecified atom stereocenters. The van der Waals surface area contributed by atoms with Gasteiger partial charge in [0.1, 0.15) is 18.2 Å². The van der Waals surface area contributed by atoms with Crippen LogP contribution in [0.4, 0.5) is 20.2 Å². The molecule has 0 aliphatic heterocycles. The highest BCUT2D eigenvalue weighted by molar-refractivity contribution is 7.92. The number of hydrogen-bond acceptors (Lipinski definition) is 3. The van der Waals surface area contributed by atoms with Crippen LogP contribution in [0.3, 0.4) is 0 Å². The first kappa shape index (κ1) is 19.5. The smallest absolute Gasteiger partial charge is 0.264 e. The number of sulfonamides is 1. The minimum atomic E-state index is -4.21. The van der Waals surface area contributed by atoms with E-state index in [1.165, 1.54) is 60.7 Å². The van der Waals surface area contributed by atoms with Crippen molar-refractivity contribution in [3.05, 3.63) is 90.5 Å². The molecule has 8 heteroatoms. The van der Waals surface area contributed by atoms with Crippen LogP contribution >= 0.6 is 0 Å². The lowest BCUT2D eigenvalue weighted by Crippen LogP contribution is -2.38. The van der Waals surface area contributed by atoms with Crippen LogP contribution in [0.2, 0.25) is 0 Å². The average Bonchev–Trinajstić information content (AvgIpc) is 2.67. The number of para-hydroxylation sites is 1. The summed E-state index contributed by atoms with van der Waals surface area (Å²) in [6.07, 6.45) is 0. The molecule has 0 spiro atoms. The van der Waals surface area contributed by atoms with Crippen molar-refractivity contribution in [2.24, 2.45) is 0 Å². The van der Waals surface area contributed by atoms with E-state index in [0.29, 0.717) is 4.31 Å². The molecule has 0 atom stereocenters. The molecule has 0 saturated heterocycles. The second-order valence-electron chi connectivity index (χ2n) is 5.83. The van der Waals surface area contributed by atoms with Crippen molar-refractivity contribution in [3.63, 3.8) is 0 Å². The molecule has 0 aliphatic carbocycles. The number of benzene rings is 3. The minimum Gasteiger partial charge on any atom is -0.324 e. The van der Waals surface area contributed by atoms with Gasteiger partial charge in [-0.15, -0.1) is 0 Å². The summed E-state index contributed by atoms with van der Waals surface area (Å²) in [7, 11) is -4.21. The lowest BCUT2D eigenvalue weighted by molar-refractivity contribution is -0.114. The zero-order valence-corrected chi connectivity index (χ0v) is 15.4. The fraction of sp³-hybridized carbons (Fsp3) is 0.0500. The fourth-order valence-corrected chi connectivity index (χ4v) is 4.02. The van der Waals surface area contributed by atoms with Crippen LogP contribution in [0.1, 0.15) is 0 Å². The topological polar surface area (TPSA) is 66.5 Å². The van der Waals surface area contributed by atoms with Crippen LogP contribution in [0.15, 0.2) is 83.8 Å². The van der Waals surface area contributed by atoms with Crippen LogP contribution in [0.25, 0.3) is 0 Å². The number of nitrogens with one attached hydrogen (secondary N) is 1. The molecule has 1 N–H and O–H groups in total. The van der Waals surface area contributed by atoms with Gasteiger partial charge < -0.3 is 5.32 Å². The highest BCUT2D eigenvalue weighted by Gasteiger charge is 2.29. The normalized spacial score (nSPS) is 11.1. The van der Waals surface area contributed by atoms with Gasteiger partial charge in [-0.05, 0) is 42.5 Å². The predicted molar refractivity (Wildman–Crippen MR) is 102 cm³/mol. The van der Waals surface area contributed by atoms with Crippen molar-refractivity contribution in [1.82, 2.24) is 0 Å². The van der Waals surface area contributed by atoms with Crippen molar-refractivity contribution in [2.75, 3.05) is 16.2 Å². The van der Waals surface area contributed by atoms with Crippen molar-refractivity contribution in [1.29, 1.82) is 0 Å². The molecular formula is C20H16F2N2O3S. The molecule has 3 aromatic rings. The molecule has 0 bridgehead atoms. The molecule has 0 radical (unpaired) electrons. The third-order valence-corrected chi connectivity index (χ3v) is 5.62. The van der Waals surface area contributed by atoms with Gasteiger partial charge in [-0.2, -0.15) is 0 Å². The Labute approximate surface area is 161 Å². The molecule has 0 fully saturated rings. The first-order valence-corrected chi connectivity index (χ1v) is 9.69. The maximum atomic E-state index is 14.3. The molecule has 5 nitrogen and oxygen atoms in total. The summed E-state index contributed by atoms with van der Waals surface area (Å²) in [5, 5.41) is 2.42. The van der Waals surface area contributed by atoms with Crippen LogP contribution < -0.4 is 9.62 Å². The largest absolute Gasteiger partial charge is 0.324 e. The first-order chi connectivity index (χ1) is 13.4. The van der Waals surface area contributed by atoms with Gasteiger partial charge in [0, 0.05) is 5.69 Å². The highest BCUT2D eigenvalue weighted by atomic mass is 32.2. The van der Waals surface area contributed by atoms with Gasteiger partial charge in [0.25, 0.3) is 10.0 Å². The fourth-order valence-electron chi connectivity index (χ4n) is 2.57. The average molecular weight is 402 g/mol. The van der Waals surface area contributed by atoms with E-state index in [2.05, 4.69) is 5.32 Å². The van der Waals surface area contributed by atoms with Crippen LogP contribution in [-0.2, 0) is 14.8 Å². The SMILES string of the molecule is O=C(CN(c1ccccc1F)S(=O)(=O)c1ccccc1)Nc1cccc(F)c1. The Hall–Kier alpha value is -3.26. The molecule has 0 aromatic heterocycles. The van der Waals surface area contributed by atoms with Crippen molar-refractivity contribution < 1.29 is 22.0 Å². The molecule has 0 heterocycles. The van der Waals surface area contributed by atoms with Crippen molar-refractivity contribution in [3.8, 4) is 0 Å². The Kier molecular flexibility index (Phi) is 5.70. The zero-order valence-electron chi connectivity index (χ0n) is 14.5. The number of amides is 1. The Morgan fingerprint density at radius 3 is 2.25 bits per heavy atom. The van der Waals surface area contributed by atoms with Gasteiger partial charge in [-0.25, -0.2) is 17.2 Å². The van der Waals surface area contributed by atoms with E-state index in [-0.39, 0.29) is 16.3 Å². The lowest BCUT2D eigenvalue weighted by atomic mass is 10.3. The second kappa shape index (κ2) is 8.18. The van der Waals surface area contributed by atoms with Crippen LogP contribution in [-0.4, -0.2) is 20.9 Å². The van der Waals surface area contributed by atoms with E-state index in [9.17, 15) is 22.0 Å². The molecule has 1 amide bonds. The molecule has 0 aliphatic rings. The summed E-state index contributed by atoms with van der Waals surface area (Å²) < 4.78 is 54.4. The molecule has 0 saturated carbocycles. The quantitative estimate of drug-likeness (QED) is 0.682. The number of rotatable bonds is 6. The lowest BCUT2D eigenvalue weighted by Gasteiger charge is -2.24. The molecule has 144 valence electrons. The highest BCUT2D eigenvalue weighted by Crippen LogP contribution is 2.26. The van der Waals surface area contributed by atoms with E-state index >= 15 is 0 Å². The Bertz CT molecular complexity index is 1090. The van der Waals surface area contributed by atoms with E-state index in [4.69, 9.17) is 0 Å². The Morgan fingerprint density at radius 1 is 0.893 bits per heavy atom. The summed E-state index contributed by atoms with van der Waals surface area (Å²) in [6.45, 7) is -0.686. The molecule has 3 aromatic carbocycles. The standard InChI is InChI=1S/C20H16F2N2O3S/c21-15-7-6-8-16(13-15)23-20(25)14-24(19-12-5-4-11-18(19)22)28(26,27)17-9-2-1-3-10-17/h1-13H,14H2,(H,23,25). The van der Waals surface area contributed by atoms with Crippen LogP contribution in [0.5, 0.6) is 0 Å². The van der Waals surface area contributed by atoms with Crippen LogP contribution in [0, 0.1) is 11.6 Å². The van der Waals surface area contributed by atoms with Gasteiger partial charge in [-0.1, -0.05) is 36.4 Å². The summed E-state index contributed by atoms with van der Waals surface area (Å²) in [5.74, 6) is -2.09. The summed E-state index contributed by atoms with van der Waals surface area (Å²) in [5.41, 5.74) is -0.101. The summed E-state index contributed by atoms with van der Waals surface area (Å²) in [4.78, 5) is 12.3. The number of nitrogens with zero attached hydrogens (tertiary/aromatic N) is 1. The maximum absolute atomic E-state index is 14.3. The summed E-state index contributed by atoms with van der Waals surface area (Å²) in [6, 6.07) is 17.8. The third-order valence-electron chi connectivity index (χ3n) is 3.85. The Morgan fingerprint density at radius 2 is 1.57 bits per heavy atom. The second-order valence-corrected chi connectivity index (χ2v) is 7.70. The molecular weight excluding hydrogens is 386 g/mol. The van der Waals surface area contributed by atoms with Crippen molar-refractivity contribution in [2.45, 2.75) is 4.90 Å². The molecule has 3 rings (SSSR count). The van der Waals surface area contributed by atoms with E-state index in [0.717, 1.165) is 12.1 Å². The number of hydrogen-bond donors (Lipinski definition) is 1. The summed E-state index contributed by atoms with van der Waals surface area (Å²) >= 11 is 0. The maximum Gasteiger partial charge on any atom is 0.264 e. The van der Waals surface area contributed by atoms with E-state index in [1.54, 1.807) is 6.07 Å². The first-order valence-electron chi connectivity index (χ1n) is 8.25. The zero-order chi connectivity index (χ0) is 20.1. The predicted octanol–water partition coefficient (Wildman–Crippen LogP) is 3.80. The number of anilines is 2. The third kappa shape index (κ3) is 4.34. The van der Waals surface area contributed by atoms with Gasteiger partial charge in [0.15, 0.2) is 0 Å². The van der Waals surface area contributed by atoms with Gasteiger partial charge >= 0.3 is 0 Å².